The molecule has 2 rings (SSSR count). The smallest absolute Gasteiger partial charge is 0.297 e. The molecule has 0 amide bonds. The number of hydrogen-bond acceptors (Lipinski definition) is 4. The Kier molecular flexibility index (Phi) is 9.28. The lowest BCUT2D eigenvalue weighted by atomic mass is 10.1. The van der Waals surface area contributed by atoms with E-state index < -0.39 is 0 Å². The summed E-state index contributed by atoms with van der Waals surface area (Å²) in [6.07, 6.45) is 6.41. The summed E-state index contributed by atoms with van der Waals surface area (Å²) in [6, 6.07) is 6.08. The fraction of sp³-hybridized carbons (Fsp3) is 0.560. The third-order valence-corrected chi connectivity index (χ3v) is 5.18. The van der Waals surface area contributed by atoms with Gasteiger partial charge >= 0.3 is 0 Å². The molecule has 2 aromatic rings. The largest absolute Gasteiger partial charge is 0.485 e. The number of nitrogens with one attached hydrogen (secondary N) is 1. The first-order chi connectivity index (χ1) is 14.4. The third kappa shape index (κ3) is 6.28. The van der Waals surface area contributed by atoms with Crippen molar-refractivity contribution in [1.82, 2.24) is 4.57 Å². The number of aromatic nitrogens is 1. The van der Waals surface area contributed by atoms with Gasteiger partial charge in [0.25, 0.3) is 5.56 Å². The highest BCUT2D eigenvalue weighted by Crippen LogP contribution is 2.34. The zero-order valence-corrected chi connectivity index (χ0v) is 19.5. The van der Waals surface area contributed by atoms with Crippen LogP contribution in [-0.4, -0.2) is 24.3 Å². The van der Waals surface area contributed by atoms with Crippen molar-refractivity contribution in [2.45, 2.75) is 60.3 Å². The van der Waals surface area contributed by atoms with E-state index in [0.29, 0.717) is 30.6 Å². The van der Waals surface area contributed by atoms with Crippen LogP contribution in [0.1, 0.15) is 60.3 Å². The van der Waals surface area contributed by atoms with E-state index in [1.807, 2.05) is 38.1 Å². The Morgan fingerprint density at radius 2 is 1.93 bits per heavy atom. The summed E-state index contributed by atoms with van der Waals surface area (Å²) in [5.74, 6) is 1.22. The molecule has 1 atom stereocenters. The molecule has 1 aromatic carbocycles. The summed E-state index contributed by atoms with van der Waals surface area (Å²) in [5, 5.41) is 4.32. The first-order valence-electron chi connectivity index (χ1n) is 11.2. The monoisotopic (exact) mass is 414 g/mol. The quantitative estimate of drug-likeness (QED) is 0.346. The van der Waals surface area contributed by atoms with Gasteiger partial charge in [-0.3, -0.25) is 4.79 Å². The maximum Gasteiger partial charge on any atom is 0.297 e. The van der Waals surface area contributed by atoms with Crippen molar-refractivity contribution in [1.29, 1.82) is 0 Å². The maximum absolute atomic E-state index is 13.2. The standard InChI is InChI=1S/C25H38N2O3/c1-7-9-14-26-20-11-12-21-22(16-20)27(6)25(28)24(30-17-19(5)10-8-2)23(21)29-15-13-18(3)4/h11-13,16,19,26H,7-10,14-15,17H2,1-6H3. The van der Waals surface area contributed by atoms with E-state index >= 15 is 0 Å². The first kappa shape index (κ1) is 23.8. The van der Waals surface area contributed by atoms with Crippen LogP contribution in [0, 0.1) is 5.92 Å². The molecular weight excluding hydrogens is 376 g/mol. The van der Waals surface area contributed by atoms with Gasteiger partial charge in [-0.05, 0) is 56.9 Å². The summed E-state index contributed by atoms with van der Waals surface area (Å²) in [4.78, 5) is 13.2. The minimum atomic E-state index is -0.163. The Balaban J connectivity index is 2.48. The van der Waals surface area contributed by atoms with Crippen LogP contribution in [0.25, 0.3) is 10.9 Å². The number of fused-ring (bicyclic) bond motifs is 1. The summed E-state index contributed by atoms with van der Waals surface area (Å²) in [7, 11) is 1.79. The number of hydrogen-bond donors (Lipinski definition) is 1. The second-order valence-corrected chi connectivity index (χ2v) is 8.33. The molecule has 0 aliphatic rings. The van der Waals surface area contributed by atoms with E-state index in [0.717, 1.165) is 48.8 Å². The van der Waals surface area contributed by atoms with Gasteiger partial charge in [0.05, 0.1) is 12.1 Å². The first-order valence-corrected chi connectivity index (χ1v) is 11.2. The van der Waals surface area contributed by atoms with Crippen molar-refractivity contribution >= 4 is 16.6 Å². The Morgan fingerprint density at radius 1 is 1.17 bits per heavy atom. The average molecular weight is 415 g/mol. The molecule has 0 saturated heterocycles. The molecule has 5 heteroatoms. The molecule has 1 N–H and O–H groups in total. The fourth-order valence-electron chi connectivity index (χ4n) is 3.37. The highest BCUT2D eigenvalue weighted by atomic mass is 16.5. The molecule has 1 heterocycles. The molecule has 0 fully saturated rings. The lowest BCUT2D eigenvalue weighted by molar-refractivity contribution is 0.233. The lowest BCUT2D eigenvalue weighted by Gasteiger charge is -2.19. The van der Waals surface area contributed by atoms with Gasteiger partial charge in [0.2, 0.25) is 5.75 Å². The molecular formula is C25H38N2O3. The zero-order valence-electron chi connectivity index (χ0n) is 19.5. The molecule has 0 spiro atoms. The van der Waals surface area contributed by atoms with E-state index in [4.69, 9.17) is 9.47 Å². The van der Waals surface area contributed by atoms with E-state index in [-0.39, 0.29) is 5.56 Å². The molecule has 0 radical (unpaired) electrons. The Hall–Kier alpha value is -2.43. The summed E-state index contributed by atoms with van der Waals surface area (Å²) < 4.78 is 13.8. The van der Waals surface area contributed by atoms with Crippen LogP contribution in [0.15, 0.2) is 34.6 Å². The van der Waals surface area contributed by atoms with Gasteiger partial charge in [0, 0.05) is 24.7 Å². The van der Waals surface area contributed by atoms with Crippen LogP contribution in [0.5, 0.6) is 11.5 Å². The molecule has 0 aliphatic carbocycles. The van der Waals surface area contributed by atoms with Crippen LogP contribution in [0.4, 0.5) is 5.69 Å². The Morgan fingerprint density at radius 3 is 2.60 bits per heavy atom. The fourth-order valence-corrected chi connectivity index (χ4v) is 3.37. The minimum absolute atomic E-state index is 0.163. The van der Waals surface area contributed by atoms with Gasteiger partial charge in [-0.15, -0.1) is 0 Å². The predicted octanol–water partition coefficient (Wildman–Crippen LogP) is 5.91. The molecule has 166 valence electrons. The van der Waals surface area contributed by atoms with Gasteiger partial charge in [-0.2, -0.15) is 0 Å². The highest BCUT2D eigenvalue weighted by molar-refractivity contribution is 5.90. The number of pyridine rings is 1. The molecule has 30 heavy (non-hydrogen) atoms. The number of nitrogens with zero attached hydrogens (tertiary/aromatic N) is 1. The molecule has 5 nitrogen and oxygen atoms in total. The third-order valence-electron chi connectivity index (χ3n) is 5.18. The second-order valence-electron chi connectivity index (χ2n) is 8.33. The van der Waals surface area contributed by atoms with Crippen LogP contribution in [-0.2, 0) is 7.05 Å². The number of anilines is 1. The van der Waals surface area contributed by atoms with Gasteiger partial charge in [-0.25, -0.2) is 0 Å². The number of unbranched alkanes of at least 4 members (excludes halogenated alkanes) is 1. The van der Waals surface area contributed by atoms with Crippen molar-refractivity contribution in [2.75, 3.05) is 25.1 Å². The number of benzene rings is 1. The highest BCUT2D eigenvalue weighted by Gasteiger charge is 2.19. The van der Waals surface area contributed by atoms with Crippen molar-refractivity contribution in [2.24, 2.45) is 13.0 Å². The van der Waals surface area contributed by atoms with Gasteiger partial charge < -0.3 is 19.4 Å². The van der Waals surface area contributed by atoms with Crippen molar-refractivity contribution in [3.05, 3.63) is 40.2 Å². The van der Waals surface area contributed by atoms with Gasteiger partial charge in [0.15, 0.2) is 5.75 Å². The Labute approximate surface area is 181 Å². The maximum atomic E-state index is 13.2. The Bertz CT molecular complexity index is 911. The molecule has 1 aromatic heterocycles. The van der Waals surface area contributed by atoms with Crippen LogP contribution in [0.2, 0.25) is 0 Å². The lowest BCUT2D eigenvalue weighted by Crippen LogP contribution is -2.23. The second kappa shape index (κ2) is 11.7. The predicted molar refractivity (Wildman–Crippen MR) is 127 cm³/mol. The number of allylic oxidation sites excluding steroid dienone is 1. The summed E-state index contributed by atoms with van der Waals surface area (Å²) in [5.41, 5.74) is 2.85. The van der Waals surface area contributed by atoms with Gasteiger partial charge in [0.1, 0.15) is 6.61 Å². The normalized spacial score (nSPS) is 11.9. The van der Waals surface area contributed by atoms with Crippen molar-refractivity contribution < 1.29 is 9.47 Å². The summed E-state index contributed by atoms with van der Waals surface area (Å²) >= 11 is 0. The van der Waals surface area contributed by atoms with E-state index in [1.165, 1.54) is 5.57 Å². The molecule has 0 bridgehead atoms. The molecule has 0 saturated carbocycles. The van der Waals surface area contributed by atoms with Crippen LogP contribution >= 0.6 is 0 Å². The number of aryl methyl sites for hydroxylation is 1. The molecule has 1 unspecified atom stereocenters. The van der Waals surface area contributed by atoms with Crippen LogP contribution in [0.3, 0.4) is 0 Å². The molecule has 0 aliphatic heterocycles. The van der Waals surface area contributed by atoms with Crippen LogP contribution < -0.4 is 20.3 Å². The number of rotatable bonds is 12. The van der Waals surface area contributed by atoms with Gasteiger partial charge in [-0.1, -0.05) is 39.2 Å². The SMILES string of the molecule is CCCCNc1ccc2c(OCC=C(C)C)c(OCC(C)CCC)c(=O)n(C)c2c1. The topological polar surface area (TPSA) is 52.5 Å². The number of ether oxygens (including phenoxy) is 2. The van der Waals surface area contributed by atoms with Crippen molar-refractivity contribution in [3.8, 4) is 11.5 Å². The van der Waals surface area contributed by atoms with E-state index in [1.54, 1.807) is 11.6 Å². The average Bonchev–Trinajstić information content (AvgIpc) is 2.71. The van der Waals surface area contributed by atoms with E-state index in [2.05, 4.69) is 26.1 Å². The summed E-state index contributed by atoms with van der Waals surface area (Å²) in [6.45, 7) is 12.4. The minimum Gasteiger partial charge on any atom is -0.485 e. The zero-order chi connectivity index (χ0) is 22.1. The van der Waals surface area contributed by atoms with Crippen molar-refractivity contribution in [3.63, 3.8) is 0 Å². The van der Waals surface area contributed by atoms with E-state index in [9.17, 15) is 4.79 Å².